The number of nitrogens with zero attached hydrogens (tertiary/aromatic N) is 1. The SMILES string of the molecule is C=CCN(CCCCOC1O[C@@H]2O[C@]3(C)CCC4[C@H](C)CC[C@@H]([C@H]1C)[C@]42OO3)CC1=C(C(F)(F)F)O[C@@H]2O[C@]3(C)CCC4[C@H](C)CC[C@@H]1[C@]42O3. The highest BCUT2D eigenvalue weighted by Gasteiger charge is 2.73. The first-order valence-corrected chi connectivity index (χ1v) is 19.2. The number of unbranched alkanes of at least 4 members (excludes halogenated alkanes) is 1. The van der Waals surface area contributed by atoms with Crippen LogP contribution in [0.25, 0.3) is 0 Å². The van der Waals surface area contributed by atoms with E-state index in [4.69, 9.17) is 38.2 Å². The Hall–Kier alpha value is -1.25. The fourth-order valence-corrected chi connectivity index (χ4v) is 11.5. The summed E-state index contributed by atoms with van der Waals surface area (Å²) in [5.74, 6) is -1.64. The van der Waals surface area contributed by atoms with Gasteiger partial charge in [-0.15, -0.1) is 6.58 Å². The maximum Gasteiger partial charge on any atom is 0.449 e. The monoisotopic (exact) mass is 711 g/mol. The van der Waals surface area contributed by atoms with Gasteiger partial charge < -0.3 is 28.4 Å². The van der Waals surface area contributed by atoms with E-state index in [2.05, 4.69) is 27.4 Å². The highest BCUT2D eigenvalue weighted by atomic mass is 19.4. The molecule has 4 bridgehead atoms. The lowest BCUT2D eigenvalue weighted by molar-refractivity contribution is -0.577. The molecule has 50 heavy (non-hydrogen) atoms. The lowest BCUT2D eigenvalue weighted by atomic mass is 9.58. The molecule has 2 aliphatic carbocycles. The van der Waals surface area contributed by atoms with E-state index >= 15 is 0 Å². The number of fused-ring (bicyclic) bond motifs is 3. The minimum Gasteiger partial charge on any atom is -0.456 e. The van der Waals surface area contributed by atoms with Gasteiger partial charge in [0.15, 0.2) is 24.0 Å². The van der Waals surface area contributed by atoms with Crippen LogP contribution in [0, 0.1) is 41.4 Å². The third kappa shape index (κ3) is 5.55. The molecule has 6 saturated heterocycles. The van der Waals surface area contributed by atoms with Crippen molar-refractivity contribution in [3.8, 4) is 0 Å². The summed E-state index contributed by atoms with van der Waals surface area (Å²) in [7, 11) is 0. The van der Waals surface area contributed by atoms with Crippen molar-refractivity contribution in [2.75, 3.05) is 26.2 Å². The molecular formula is C38H56F3NO8. The minimum atomic E-state index is -4.63. The maximum absolute atomic E-state index is 14.7. The number of hydrogen-bond acceptors (Lipinski definition) is 9. The van der Waals surface area contributed by atoms with Crippen molar-refractivity contribution in [1.82, 2.24) is 4.90 Å². The van der Waals surface area contributed by atoms with Crippen LogP contribution in [-0.4, -0.2) is 79.0 Å². The molecule has 282 valence electrons. The van der Waals surface area contributed by atoms with E-state index < -0.39 is 59.5 Å². The standard InChI is InChI=1S/C38H56F3NO8/c1-7-18-42(21-25-29-13-11-22(2)26-14-16-34(5)46-32(36(26,29)48-34)44-30(25)38(39,40)41)19-8-9-20-43-31-24(4)28-12-10-23(3)27-15-17-35(6)47-33(45-31)37(27,28)50-49-35/h7,22-24,26-29,31-33H,1,8-21H2,2-6H3/t22-,23-,24-,26?,27?,28+,29+,31?,32-,33-,34+,35+,36-,37-/m1/s1. The van der Waals surface area contributed by atoms with Crippen molar-refractivity contribution in [3.05, 3.63) is 24.0 Å². The quantitative estimate of drug-likeness (QED) is 0.129. The van der Waals surface area contributed by atoms with Gasteiger partial charge in [0.25, 0.3) is 0 Å². The molecule has 2 saturated carbocycles. The molecule has 0 amide bonds. The van der Waals surface area contributed by atoms with Crippen molar-refractivity contribution in [2.24, 2.45) is 41.4 Å². The Kier molecular flexibility index (Phi) is 9.06. The second kappa shape index (κ2) is 12.7. The van der Waals surface area contributed by atoms with Crippen molar-refractivity contribution in [2.45, 2.75) is 147 Å². The molecule has 9 nitrogen and oxygen atoms in total. The molecule has 8 fully saturated rings. The number of alkyl halides is 3. The van der Waals surface area contributed by atoms with E-state index in [0.717, 1.165) is 51.4 Å². The molecular weight excluding hydrogens is 655 g/mol. The molecule has 0 aromatic rings. The Morgan fingerprint density at radius 2 is 1.56 bits per heavy atom. The van der Waals surface area contributed by atoms with Crippen LogP contribution in [0.2, 0.25) is 0 Å². The Bertz CT molecular complexity index is 1350. The second-order valence-corrected chi connectivity index (χ2v) is 17.1. The van der Waals surface area contributed by atoms with E-state index in [1.165, 1.54) is 0 Å². The van der Waals surface area contributed by atoms with Gasteiger partial charge in [-0.2, -0.15) is 13.2 Å². The zero-order valence-corrected chi connectivity index (χ0v) is 30.3. The van der Waals surface area contributed by atoms with Crippen LogP contribution in [0.5, 0.6) is 0 Å². The van der Waals surface area contributed by atoms with Crippen LogP contribution < -0.4 is 0 Å². The highest BCUT2D eigenvalue weighted by Crippen LogP contribution is 2.64. The van der Waals surface area contributed by atoms with E-state index in [1.807, 2.05) is 18.7 Å². The first-order valence-electron chi connectivity index (χ1n) is 19.2. The molecule has 9 rings (SSSR count). The molecule has 12 heteroatoms. The zero-order valence-electron chi connectivity index (χ0n) is 30.3. The molecule has 0 aromatic carbocycles. The lowest BCUT2D eigenvalue weighted by Crippen LogP contribution is -2.70. The number of hydrogen-bond donors (Lipinski definition) is 0. The molecule has 0 aromatic heterocycles. The fourth-order valence-electron chi connectivity index (χ4n) is 11.5. The number of halogens is 3. The van der Waals surface area contributed by atoms with Gasteiger partial charge in [-0.3, -0.25) is 4.90 Å². The summed E-state index contributed by atoms with van der Waals surface area (Å²) in [6.45, 7) is 16.0. The van der Waals surface area contributed by atoms with E-state index in [0.29, 0.717) is 50.3 Å². The van der Waals surface area contributed by atoms with E-state index in [1.54, 1.807) is 6.08 Å². The molecule has 3 unspecified atom stereocenters. The largest absolute Gasteiger partial charge is 0.456 e. The van der Waals surface area contributed by atoms with E-state index in [9.17, 15) is 13.2 Å². The third-order valence-corrected chi connectivity index (χ3v) is 14.0. The van der Waals surface area contributed by atoms with E-state index in [-0.39, 0.29) is 29.9 Å². The van der Waals surface area contributed by atoms with Crippen LogP contribution in [0.4, 0.5) is 13.2 Å². The third-order valence-electron chi connectivity index (χ3n) is 14.0. The predicted octanol–water partition coefficient (Wildman–Crippen LogP) is 7.61. The van der Waals surface area contributed by atoms with Crippen molar-refractivity contribution >= 4 is 0 Å². The van der Waals surface area contributed by atoms with Gasteiger partial charge >= 0.3 is 6.18 Å². The number of ether oxygens (including phenoxy) is 6. The molecule has 2 spiro atoms. The topological polar surface area (TPSA) is 77.1 Å². The summed E-state index contributed by atoms with van der Waals surface area (Å²) in [5.41, 5.74) is -1.25. The number of rotatable bonds is 10. The van der Waals surface area contributed by atoms with Crippen LogP contribution in [0.1, 0.15) is 98.8 Å². The summed E-state index contributed by atoms with van der Waals surface area (Å²) in [6.07, 6.45) is 3.36. The molecule has 9 aliphatic rings. The summed E-state index contributed by atoms with van der Waals surface area (Å²) >= 11 is 0. The first kappa shape index (κ1) is 35.8. The predicted molar refractivity (Wildman–Crippen MR) is 175 cm³/mol. The van der Waals surface area contributed by atoms with Gasteiger partial charge in [-0.05, 0) is 101 Å². The first-order chi connectivity index (χ1) is 23.7. The molecule has 0 N–H and O–H groups in total. The smallest absolute Gasteiger partial charge is 0.449 e. The van der Waals surface area contributed by atoms with Crippen LogP contribution in [0.15, 0.2) is 24.0 Å². The van der Waals surface area contributed by atoms with Crippen LogP contribution in [-0.2, 0) is 38.2 Å². The fraction of sp³-hybridized carbons (Fsp3) is 0.895. The van der Waals surface area contributed by atoms with Gasteiger partial charge in [0.05, 0.1) is 0 Å². The van der Waals surface area contributed by atoms with Crippen LogP contribution in [0.3, 0.4) is 0 Å². The maximum atomic E-state index is 14.7. The van der Waals surface area contributed by atoms with Gasteiger partial charge in [0.1, 0.15) is 5.60 Å². The lowest BCUT2D eigenvalue weighted by Gasteiger charge is -2.60. The van der Waals surface area contributed by atoms with Crippen LogP contribution >= 0.6 is 0 Å². The summed E-state index contributed by atoms with van der Waals surface area (Å²) < 4.78 is 82.2. The minimum absolute atomic E-state index is 0.0827. The zero-order chi connectivity index (χ0) is 35.3. The summed E-state index contributed by atoms with van der Waals surface area (Å²) in [5, 5.41) is 0. The molecule has 14 atom stereocenters. The highest BCUT2D eigenvalue weighted by molar-refractivity contribution is 5.30. The number of allylic oxidation sites excluding steroid dienone is 1. The second-order valence-electron chi connectivity index (χ2n) is 17.1. The Morgan fingerprint density at radius 3 is 2.30 bits per heavy atom. The van der Waals surface area contributed by atoms with Gasteiger partial charge in [-0.25, -0.2) is 9.78 Å². The van der Waals surface area contributed by atoms with Crippen molar-refractivity contribution < 1.29 is 51.4 Å². The average Bonchev–Trinajstić information content (AvgIpc) is 3.13. The van der Waals surface area contributed by atoms with Gasteiger partial charge in [-0.1, -0.05) is 26.8 Å². The van der Waals surface area contributed by atoms with Gasteiger partial charge in [0, 0.05) is 50.3 Å². The molecule has 7 aliphatic heterocycles. The van der Waals surface area contributed by atoms with Crippen molar-refractivity contribution in [3.63, 3.8) is 0 Å². The Balaban J connectivity index is 0.929. The summed E-state index contributed by atoms with van der Waals surface area (Å²) in [4.78, 5) is 14.2. The molecule has 0 radical (unpaired) electrons. The average molecular weight is 712 g/mol. The Labute approximate surface area is 294 Å². The van der Waals surface area contributed by atoms with Crippen molar-refractivity contribution in [1.29, 1.82) is 0 Å². The Morgan fingerprint density at radius 1 is 0.860 bits per heavy atom. The molecule has 7 heterocycles. The van der Waals surface area contributed by atoms with Gasteiger partial charge in [0.2, 0.25) is 17.8 Å². The normalized spacial score (nSPS) is 49.3. The summed E-state index contributed by atoms with van der Waals surface area (Å²) in [6, 6.07) is 0.